The van der Waals surface area contributed by atoms with E-state index in [9.17, 15) is 26.0 Å². The van der Waals surface area contributed by atoms with Crippen molar-refractivity contribution in [2.24, 2.45) is 0 Å². The Labute approximate surface area is 143 Å². The molecule has 10 heteroatoms. The van der Waals surface area contributed by atoms with Gasteiger partial charge in [-0.1, -0.05) is 0 Å². The van der Waals surface area contributed by atoms with Crippen LogP contribution in [0.2, 0.25) is 0 Å². The first-order valence-electron chi connectivity index (χ1n) is 8.01. The van der Waals surface area contributed by atoms with E-state index in [4.69, 9.17) is 0 Å². The predicted octanol–water partition coefficient (Wildman–Crippen LogP) is 1.51. The van der Waals surface area contributed by atoms with E-state index < -0.39 is 32.5 Å². The van der Waals surface area contributed by atoms with Gasteiger partial charge >= 0.3 is 6.18 Å². The first-order chi connectivity index (χ1) is 11.7. The number of sulfonamides is 1. The standard InChI is InChI=1S/C15H19F4N3O2S/c16-14-2-1-12(9-13(14)15(17,18)19)25(23,24)22-6-3-11(10-22)21-7-4-20-5-8-21/h1-2,9,11,20H,3-8,10H2. The second-order valence-corrected chi connectivity index (χ2v) is 8.17. The Morgan fingerprint density at radius 2 is 1.80 bits per heavy atom. The topological polar surface area (TPSA) is 52.7 Å². The molecule has 0 aromatic heterocycles. The van der Waals surface area contributed by atoms with Crippen LogP contribution in [0.25, 0.3) is 0 Å². The van der Waals surface area contributed by atoms with Gasteiger partial charge in [0.05, 0.1) is 10.5 Å². The fourth-order valence-electron chi connectivity index (χ4n) is 3.31. The monoisotopic (exact) mass is 381 g/mol. The summed E-state index contributed by atoms with van der Waals surface area (Å²) in [5.41, 5.74) is -1.56. The second-order valence-electron chi connectivity index (χ2n) is 6.23. The van der Waals surface area contributed by atoms with E-state index in [1.54, 1.807) is 0 Å². The number of hydrogen-bond acceptors (Lipinski definition) is 4. The third-order valence-corrected chi connectivity index (χ3v) is 6.54. The van der Waals surface area contributed by atoms with Gasteiger partial charge in [-0.05, 0) is 24.6 Å². The summed E-state index contributed by atoms with van der Waals surface area (Å²) in [7, 11) is -4.09. The number of hydrogen-bond donors (Lipinski definition) is 1. The van der Waals surface area contributed by atoms with Crippen molar-refractivity contribution < 1.29 is 26.0 Å². The van der Waals surface area contributed by atoms with Crippen LogP contribution in [-0.4, -0.2) is 62.9 Å². The molecule has 1 N–H and O–H groups in total. The molecule has 1 aromatic carbocycles. The molecule has 5 nitrogen and oxygen atoms in total. The van der Waals surface area contributed by atoms with Crippen molar-refractivity contribution in [1.82, 2.24) is 14.5 Å². The van der Waals surface area contributed by atoms with Gasteiger partial charge in [0.1, 0.15) is 5.82 Å². The molecule has 2 fully saturated rings. The molecule has 2 heterocycles. The van der Waals surface area contributed by atoms with Gasteiger partial charge in [0.2, 0.25) is 10.0 Å². The van der Waals surface area contributed by atoms with Gasteiger partial charge in [-0.15, -0.1) is 0 Å². The summed E-state index contributed by atoms with van der Waals surface area (Å²) in [4.78, 5) is 1.67. The molecule has 0 bridgehead atoms. The van der Waals surface area contributed by atoms with Crippen LogP contribution in [0.4, 0.5) is 17.6 Å². The number of nitrogens with zero attached hydrogens (tertiary/aromatic N) is 2. The van der Waals surface area contributed by atoms with Crippen LogP contribution >= 0.6 is 0 Å². The zero-order chi connectivity index (χ0) is 18.2. The van der Waals surface area contributed by atoms with Gasteiger partial charge in [0.25, 0.3) is 0 Å². The minimum Gasteiger partial charge on any atom is -0.314 e. The SMILES string of the molecule is O=S(=O)(c1ccc(F)c(C(F)(F)F)c1)N1CCC(N2CCNCC2)C1. The fourth-order valence-corrected chi connectivity index (χ4v) is 4.82. The number of alkyl halides is 3. The number of rotatable bonds is 3. The molecule has 25 heavy (non-hydrogen) atoms. The van der Waals surface area contributed by atoms with E-state index >= 15 is 0 Å². The lowest BCUT2D eigenvalue weighted by Crippen LogP contribution is -2.49. The lowest BCUT2D eigenvalue weighted by molar-refractivity contribution is -0.140. The van der Waals surface area contributed by atoms with Crippen molar-refractivity contribution in [2.45, 2.75) is 23.5 Å². The summed E-state index contributed by atoms with van der Waals surface area (Å²) in [6.45, 7) is 3.77. The van der Waals surface area contributed by atoms with Crippen LogP contribution in [0.3, 0.4) is 0 Å². The first kappa shape index (κ1) is 18.6. The third-order valence-electron chi connectivity index (χ3n) is 4.68. The average molecular weight is 381 g/mol. The van der Waals surface area contributed by atoms with Crippen LogP contribution in [0, 0.1) is 5.82 Å². The zero-order valence-electron chi connectivity index (χ0n) is 13.4. The van der Waals surface area contributed by atoms with Crippen LogP contribution in [0.1, 0.15) is 12.0 Å². The van der Waals surface area contributed by atoms with E-state index in [-0.39, 0.29) is 19.1 Å². The van der Waals surface area contributed by atoms with Gasteiger partial charge in [-0.3, -0.25) is 4.90 Å². The van der Waals surface area contributed by atoms with Gasteiger partial charge in [0, 0.05) is 45.3 Å². The molecule has 0 amide bonds. The van der Waals surface area contributed by atoms with Gasteiger partial charge in [0.15, 0.2) is 0 Å². The molecule has 0 aliphatic carbocycles. The Bertz CT molecular complexity index is 733. The molecule has 0 spiro atoms. The van der Waals surface area contributed by atoms with Crippen molar-refractivity contribution >= 4 is 10.0 Å². The van der Waals surface area contributed by atoms with Gasteiger partial charge in [-0.2, -0.15) is 17.5 Å². The third kappa shape index (κ3) is 3.81. The lowest BCUT2D eigenvalue weighted by atomic mass is 10.2. The number of benzene rings is 1. The second kappa shape index (κ2) is 6.82. The van der Waals surface area contributed by atoms with E-state index in [2.05, 4.69) is 10.2 Å². The van der Waals surface area contributed by atoms with Gasteiger partial charge < -0.3 is 5.32 Å². The molecule has 140 valence electrons. The smallest absolute Gasteiger partial charge is 0.314 e. The normalized spacial score (nSPS) is 23.9. The summed E-state index contributed by atoms with van der Waals surface area (Å²) in [6.07, 6.45) is -4.31. The molecule has 3 rings (SSSR count). The molecule has 2 saturated heterocycles. The fraction of sp³-hybridized carbons (Fsp3) is 0.600. The quantitative estimate of drug-likeness (QED) is 0.807. The number of piperazine rings is 1. The maximum atomic E-state index is 13.4. The van der Waals surface area contributed by atoms with Crippen molar-refractivity contribution in [3.63, 3.8) is 0 Å². The Kier molecular flexibility index (Phi) is 5.06. The maximum Gasteiger partial charge on any atom is 0.419 e. The van der Waals surface area contributed by atoms with E-state index in [0.717, 1.165) is 32.2 Å². The van der Waals surface area contributed by atoms with Crippen LogP contribution in [-0.2, 0) is 16.2 Å². The molecule has 1 unspecified atom stereocenters. The summed E-state index contributed by atoms with van der Waals surface area (Å²) in [5, 5.41) is 3.22. The van der Waals surface area contributed by atoms with Crippen molar-refractivity contribution in [3.8, 4) is 0 Å². The van der Waals surface area contributed by atoms with Crippen LogP contribution < -0.4 is 5.32 Å². The Balaban J connectivity index is 1.80. The van der Waals surface area contributed by atoms with E-state index in [0.29, 0.717) is 18.6 Å². The molecular weight excluding hydrogens is 362 g/mol. The molecule has 0 radical (unpaired) electrons. The van der Waals surface area contributed by atoms with Crippen molar-refractivity contribution in [2.75, 3.05) is 39.3 Å². The molecule has 2 aliphatic heterocycles. The van der Waals surface area contributed by atoms with Crippen molar-refractivity contribution in [1.29, 1.82) is 0 Å². The predicted molar refractivity (Wildman–Crippen MR) is 83.0 cm³/mol. The highest BCUT2D eigenvalue weighted by molar-refractivity contribution is 7.89. The Morgan fingerprint density at radius 1 is 1.12 bits per heavy atom. The molecule has 1 aromatic rings. The van der Waals surface area contributed by atoms with E-state index in [1.807, 2.05) is 0 Å². The minimum atomic E-state index is -4.94. The van der Waals surface area contributed by atoms with E-state index in [1.165, 1.54) is 4.31 Å². The number of halogens is 4. The molecule has 1 atom stereocenters. The Hall–Kier alpha value is -1.23. The molecule has 2 aliphatic rings. The summed E-state index contributed by atoms with van der Waals surface area (Å²) >= 11 is 0. The lowest BCUT2D eigenvalue weighted by Gasteiger charge is -2.32. The van der Waals surface area contributed by atoms with Crippen LogP contribution in [0.5, 0.6) is 0 Å². The van der Waals surface area contributed by atoms with Crippen LogP contribution in [0.15, 0.2) is 23.1 Å². The minimum absolute atomic E-state index is 0.0550. The summed E-state index contributed by atoms with van der Waals surface area (Å²) in [6, 6.07) is 1.87. The molecule has 0 saturated carbocycles. The van der Waals surface area contributed by atoms with Crippen molar-refractivity contribution in [3.05, 3.63) is 29.6 Å². The average Bonchev–Trinajstić information content (AvgIpc) is 3.05. The summed E-state index contributed by atoms with van der Waals surface area (Å²) in [5.74, 6) is -1.48. The summed E-state index contributed by atoms with van der Waals surface area (Å²) < 4.78 is 78.4. The highest BCUT2D eigenvalue weighted by Gasteiger charge is 2.38. The number of nitrogens with one attached hydrogen (secondary N) is 1. The first-order valence-corrected chi connectivity index (χ1v) is 9.45. The zero-order valence-corrected chi connectivity index (χ0v) is 14.2. The van der Waals surface area contributed by atoms with Gasteiger partial charge in [-0.25, -0.2) is 12.8 Å². The highest BCUT2D eigenvalue weighted by Crippen LogP contribution is 2.34. The Morgan fingerprint density at radius 3 is 2.44 bits per heavy atom. The maximum absolute atomic E-state index is 13.4. The largest absolute Gasteiger partial charge is 0.419 e. The highest BCUT2D eigenvalue weighted by atomic mass is 32.2. The molecular formula is C15H19F4N3O2S.